The van der Waals surface area contributed by atoms with Crippen LogP contribution in [0.25, 0.3) is 22.0 Å². The van der Waals surface area contributed by atoms with Crippen molar-refractivity contribution in [2.75, 3.05) is 31.1 Å². The number of fused-ring (bicyclic) bond motifs is 1. The van der Waals surface area contributed by atoms with Gasteiger partial charge in [-0.15, -0.1) is 12.4 Å². The van der Waals surface area contributed by atoms with E-state index in [0.29, 0.717) is 10.0 Å². The summed E-state index contributed by atoms with van der Waals surface area (Å²) in [6, 6.07) is 11.7. The van der Waals surface area contributed by atoms with E-state index < -0.39 is 0 Å². The highest BCUT2D eigenvalue weighted by molar-refractivity contribution is 6.37. The Bertz CT molecular complexity index is 895. The summed E-state index contributed by atoms with van der Waals surface area (Å²) in [6.45, 7) is 3.76. The molecule has 0 radical (unpaired) electrons. The third-order valence-electron chi connectivity index (χ3n) is 4.28. The number of nitrogens with one attached hydrogen (secondary N) is 1. The van der Waals surface area contributed by atoms with Crippen LogP contribution >= 0.6 is 35.6 Å². The average Bonchev–Trinajstić information content (AvgIpc) is 2.62. The van der Waals surface area contributed by atoms with Gasteiger partial charge in [-0.1, -0.05) is 41.4 Å². The number of hydrogen-bond acceptors (Lipinski definition) is 4. The van der Waals surface area contributed by atoms with Crippen molar-refractivity contribution in [2.45, 2.75) is 0 Å². The molecule has 4 rings (SSSR count). The highest BCUT2D eigenvalue weighted by atomic mass is 35.5. The minimum absolute atomic E-state index is 0. The van der Waals surface area contributed by atoms with Gasteiger partial charge in [0.15, 0.2) is 0 Å². The third-order valence-corrected chi connectivity index (χ3v) is 4.93. The minimum atomic E-state index is 0. The van der Waals surface area contributed by atoms with Crippen LogP contribution in [0.5, 0.6) is 0 Å². The van der Waals surface area contributed by atoms with E-state index in [0.717, 1.165) is 54.0 Å². The van der Waals surface area contributed by atoms with Crippen LogP contribution < -0.4 is 10.2 Å². The molecule has 1 aliphatic heterocycles. The van der Waals surface area contributed by atoms with Gasteiger partial charge >= 0.3 is 0 Å². The van der Waals surface area contributed by atoms with Crippen LogP contribution in [0.3, 0.4) is 0 Å². The monoisotopic (exact) mass is 394 g/mol. The van der Waals surface area contributed by atoms with Crippen LogP contribution in [-0.4, -0.2) is 36.1 Å². The lowest BCUT2D eigenvalue weighted by Crippen LogP contribution is -2.44. The van der Waals surface area contributed by atoms with Crippen LogP contribution in [-0.2, 0) is 0 Å². The summed E-state index contributed by atoms with van der Waals surface area (Å²) < 4.78 is 0. The number of anilines is 1. The summed E-state index contributed by atoms with van der Waals surface area (Å²) in [5.74, 6) is 0.950. The molecule has 0 amide bonds. The molecule has 1 fully saturated rings. The summed E-state index contributed by atoms with van der Waals surface area (Å²) in [7, 11) is 0. The maximum Gasteiger partial charge on any atom is 0.139 e. The lowest BCUT2D eigenvalue weighted by Gasteiger charge is -2.29. The van der Waals surface area contributed by atoms with Crippen molar-refractivity contribution in [3.8, 4) is 11.1 Å². The van der Waals surface area contributed by atoms with E-state index in [-0.39, 0.29) is 12.4 Å². The molecule has 0 bridgehead atoms. The number of halogens is 3. The van der Waals surface area contributed by atoms with Crippen molar-refractivity contribution < 1.29 is 0 Å². The fraction of sp³-hybridized carbons (Fsp3) is 0.222. The van der Waals surface area contributed by atoms with Gasteiger partial charge in [-0.05, 0) is 18.2 Å². The number of rotatable bonds is 2. The van der Waals surface area contributed by atoms with Gasteiger partial charge in [-0.3, -0.25) is 0 Å². The summed E-state index contributed by atoms with van der Waals surface area (Å²) in [5, 5.41) is 5.68. The molecule has 0 saturated carbocycles. The predicted molar refractivity (Wildman–Crippen MR) is 107 cm³/mol. The van der Waals surface area contributed by atoms with Crippen LogP contribution in [0.1, 0.15) is 0 Å². The highest BCUT2D eigenvalue weighted by Crippen LogP contribution is 2.37. The largest absolute Gasteiger partial charge is 0.353 e. The Balaban J connectivity index is 0.00000182. The first-order chi connectivity index (χ1) is 11.7. The molecule has 130 valence electrons. The van der Waals surface area contributed by atoms with Gasteiger partial charge in [0.25, 0.3) is 0 Å². The van der Waals surface area contributed by atoms with Gasteiger partial charge in [-0.25, -0.2) is 9.97 Å². The SMILES string of the molecule is Cl.Clc1ccccc1-c1cc2c(N3CCNCC3)ncnc2cc1Cl. The average molecular weight is 396 g/mol. The van der Waals surface area contributed by atoms with Gasteiger partial charge in [0.05, 0.1) is 10.5 Å². The fourth-order valence-electron chi connectivity index (χ4n) is 3.08. The maximum absolute atomic E-state index is 6.51. The minimum Gasteiger partial charge on any atom is -0.353 e. The van der Waals surface area contributed by atoms with Crippen LogP contribution in [0.15, 0.2) is 42.7 Å². The Kier molecular flexibility index (Phi) is 5.64. The highest BCUT2D eigenvalue weighted by Gasteiger charge is 2.17. The summed E-state index contributed by atoms with van der Waals surface area (Å²) in [5.41, 5.74) is 2.67. The molecule has 0 atom stereocenters. The van der Waals surface area contributed by atoms with Gasteiger partial charge in [0, 0.05) is 47.7 Å². The Hall–Kier alpha value is -1.59. The van der Waals surface area contributed by atoms with Crippen LogP contribution in [0.2, 0.25) is 10.0 Å². The molecule has 25 heavy (non-hydrogen) atoms. The molecular formula is C18H17Cl3N4. The van der Waals surface area contributed by atoms with E-state index in [4.69, 9.17) is 23.2 Å². The Morgan fingerprint density at radius 2 is 1.68 bits per heavy atom. The molecule has 2 heterocycles. The molecule has 2 aromatic carbocycles. The standard InChI is InChI=1S/C18H16Cl2N4.ClH/c19-15-4-2-1-3-12(15)13-9-14-17(10-16(13)20)22-11-23-18(14)24-7-5-21-6-8-24;/h1-4,9-11,21H,5-8H2;1H. The quantitative estimate of drug-likeness (QED) is 0.696. The number of benzene rings is 2. The smallest absolute Gasteiger partial charge is 0.139 e. The third kappa shape index (κ3) is 3.53. The van der Waals surface area contributed by atoms with Crippen molar-refractivity contribution in [2.24, 2.45) is 0 Å². The van der Waals surface area contributed by atoms with Gasteiger partial charge in [0.2, 0.25) is 0 Å². The van der Waals surface area contributed by atoms with E-state index in [2.05, 4.69) is 26.3 Å². The van der Waals surface area contributed by atoms with Crippen molar-refractivity contribution in [3.05, 3.63) is 52.8 Å². The molecule has 0 unspecified atom stereocenters. The topological polar surface area (TPSA) is 41.0 Å². The van der Waals surface area contributed by atoms with Crippen molar-refractivity contribution in [1.29, 1.82) is 0 Å². The predicted octanol–water partition coefficient (Wildman–Crippen LogP) is 4.44. The molecule has 1 aromatic heterocycles. The Labute approximate surface area is 162 Å². The molecule has 3 aromatic rings. The van der Waals surface area contributed by atoms with E-state index in [1.165, 1.54) is 0 Å². The zero-order chi connectivity index (χ0) is 16.5. The van der Waals surface area contributed by atoms with Crippen LogP contribution in [0.4, 0.5) is 5.82 Å². The molecule has 0 spiro atoms. The lowest BCUT2D eigenvalue weighted by atomic mass is 10.0. The van der Waals surface area contributed by atoms with Crippen molar-refractivity contribution in [1.82, 2.24) is 15.3 Å². The molecule has 1 N–H and O–H groups in total. The molecule has 1 aliphatic rings. The van der Waals surface area contributed by atoms with Gasteiger partial charge in [0.1, 0.15) is 12.1 Å². The van der Waals surface area contributed by atoms with Crippen molar-refractivity contribution in [3.63, 3.8) is 0 Å². The summed E-state index contributed by atoms with van der Waals surface area (Å²) in [6.07, 6.45) is 1.60. The first-order valence-corrected chi connectivity index (χ1v) is 8.64. The number of hydrogen-bond donors (Lipinski definition) is 1. The van der Waals surface area contributed by atoms with Crippen molar-refractivity contribution >= 4 is 52.3 Å². The van der Waals surface area contributed by atoms with E-state index in [9.17, 15) is 0 Å². The summed E-state index contributed by atoms with van der Waals surface area (Å²) >= 11 is 12.9. The first kappa shape index (κ1) is 18.2. The lowest BCUT2D eigenvalue weighted by molar-refractivity contribution is 0.586. The number of nitrogens with zero attached hydrogens (tertiary/aromatic N) is 3. The number of piperazine rings is 1. The fourth-order valence-corrected chi connectivity index (χ4v) is 3.58. The molecule has 1 saturated heterocycles. The van der Waals surface area contributed by atoms with E-state index >= 15 is 0 Å². The Morgan fingerprint density at radius 1 is 0.920 bits per heavy atom. The second-order valence-electron chi connectivity index (χ2n) is 5.76. The Morgan fingerprint density at radius 3 is 2.44 bits per heavy atom. The van der Waals surface area contributed by atoms with Crippen LogP contribution in [0, 0.1) is 0 Å². The zero-order valence-electron chi connectivity index (χ0n) is 13.4. The zero-order valence-corrected chi connectivity index (χ0v) is 15.7. The maximum atomic E-state index is 6.51. The summed E-state index contributed by atoms with van der Waals surface area (Å²) in [4.78, 5) is 11.2. The number of aromatic nitrogens is 2. The normalized spacial score (nSPS) is 14.4. The second kappa shape index (κ2) is 7.75. The molecule has 4 nitrogen and oxygen atoms in total. The van der Waals surface area contributed by atoms with E-state index in [1.54, 1.807) is 6.33 Å². The van der Waals surface area contributed by atoms with Gasteiger partial charge in [-0.2, -0.15) is 0 Å². The van der Waals surface area contributed by atoms with E-state index in [1.807, 2.05) is 30.3 Å². The molecular weight excluding hydrogens is 379 g/mol. The van der Waals surface area contributed by atoms with Gasteiger partial charge < -0.3 is 10.2 Å². The molecule has 7 heteroatoms. The second-order valence-corrected chi connectivity index (χ2v) is 6.58. The molecule has 0 aliphatic carbocycles. The first-order valence-electron chi connectivity index (χ1n) is 7.89.